The first kappa shape index (κ1) is 20.2. The van der Waals surface area contributed by atoms with Crippen molar-refractivity contribution in [2.75, 3.05) is 13.7 Å². The number of hydrogen-bond acceptors (Lipinski definition) is 5. The highest BCUT2D eigenvalue weighted by Gasteiger charge is 2.27. The molecule has 4 rings (SSSR count). The lowest BCUT2D eigenvalue weighted by atomic mass is 10.1. The number of carbonyl (C=O) groups is 2. The van der Waals surface area contributed by atoms with E-state index < -0.39 is 5.97 Å². The molecule has 3 aromatic rings. The van der Waals surface area contributed by atoms with Gasteiger partial charge in [0.05, 0.1) is 18.2 Å². The molecule has 0 radical (unpaired) electrons. The molecule has 0 aliphatic carbocycles. The summed E-state index contributed by atoms with van der Waals surface area (Å²) in [6.45, 7) is 0.400. The van der Waals surface area contributed by atoms with E-state index in [0.717, 1.165) is 11.1 Å². The van der Waals surface area contributed by atoms with E-state index in [-0.39, 0.29) is 11.5 Å². The Morgan fingerprint density at radius 1 is 0.968 bits per heavy atom. The first-order valence-electron chi connectivity index (χ1n) is 9.75. The zero-order valence-electron chi connectivity index (χ0n) is 16.9. The summed E-state index contributed by atoms with van der Waals surface area (Å²) in [5.74, 6) is 0.704. The monoisotopic (exact) mass is 412 g/mol. The van der Waals surface area contributed by atoms with Crippen molar-refractivity contribution in [2.45, 2.75) is 0 Å². The minimum absolute atomic E-state index is 0.192. The minimum atomic E-state index is -0.411. The Bertz CT molecular complexity index is 1160. The number of hydrogen-bond donors (Lipinski definition) is 0. The second-order valence-electron chi connectivity index (χ2n) is 6.84. The van der Waals surface area contributed by atoms with E-state index in [2.05, 4.69) is 4.74 Å². The lowest BCUT2D eigenvalue weighted by molar-refractivity contribution is 0.0600. The molecule has 0 saturated carbocycles. The van der Waals surface area contributed by atoms with Crippen LogP contribution in [0.3, 0.4) is 0 Å². The predicted molar refractivity (Wildman–Crippen MR) is 118 cm³/mol. The summed E-state index contributed by atoms with van der Waals surface area (Å²) in [6.07, 6.45) is 5.56. The average Bonchev–Trinajstić information content (AvgIpc) is 3.12. The second kappa shape index (κ2) is 9.13. The Morgan fingerprint density at radius 3 is 2.48 bits per heavy atom. The fourth-order valence-electron chi connectivity index (χ4n) is 3.13. The van der Waals surface area contributed by atoms with Crippen molar-refractivity contribution < 1.29 is 23.8 Å². The molecule has 0 N–H and O–H groups in total. The molecule has 1 aliphatic heterocycles. The van der Waals surface area contributed by atoms with Crippen molar-refractivity contribution in [3.8, 4) is 11.5 Å². The maximum atomic E-state index is 12.6. The van der Waals surface area contributed by atoms with Crippen LogP contribution in [0.25, 0.3) is 12.2 Å². The number of Topliss-reactive ketones (excluding diaryl/α,β-unsaturated/α-hetero) is 1. The highest BCUT2D eigenvalue weighted by Crippen LogP contribution is 2.35. The van der Waals surface area contributed by atoms with E-state index >= 15 is 0 Å². The van der Waals surface area contributed by atoms with Gasteiger partial charge >= 0.3 is 5.97 Å². The molecule has 31 heavy (non-hydrogen) atoms. The Labute approximate surface area is 180 Å². The van der Waals surface area contributed by atoms with Crippen LogP contribution >= 0.6 is 0 Å². The third-order valence-corrected chi connectivity index (χ3v) is 4.73. The minimum Gasteiger partial charge on any atom is -0.489 e. The summed E-state index contributed by atoms with van der Waals surface area (Å²) >= 11 is 0. The maximum Gasteiger partial charge on any atom is 0.337 e. The van der Waals surface area contributed by atoms with E-state index in [0.29, 0.717) is 29.2 Å². The molecule has 0 unspecified atom stereocenters. The summed E-state index contributed by atoms with van der Waals surface area (Å²) in [7, 11) is 1.33. The molecule has 5 heteroatoms. The molecule has 1 aliphatic rings. The maximum absolute atomic E-state index is 12.6. The van der Waals surface area contributed by atoms with Gasteiger partial charge in [-0.2, -0.15) is 0 Å². The molecule has 1 heterocycles. The van der Waals surface area contributed by atoms with Gasteiger partial charge in [-0.15, -0.1) is 0 Å². The van der Waals surface area contributed by atoms with E-state index in [9.17, 15) is 9.59 Å². The standard InChI is InChI=1S/C26H20O5/c1-29-26(28)20-11-9-19(10-12-20)16-24-25(27)22-14-13-21(17-23(22)31-24)30-15-5-8-18-6-3-2-4-7-18/h2-14,16-17H,15H2,1H3. The molecule has 5 nitrogen and oxygen atoms in total. The topological polar surface area (TPSA) is 61.8 Å². The van der Waals surface area contributed by atoms with Gasteiger partial charge in [0, 0.05) is 6.07 Å². The van der Waals surface area contributed by atoms with E-state index in [1.807, 2.05) is 42.5 Å². The van der Waals surface area contributed by atoms with E-state index in [1.54, 1.807) is 48.5 Å². The molecule has 0 amide bonds. The SMILES string of the molecule is COC(=O)c1ccc(C=C2Oc3cc(OCC=Cc4ccccc4)ccc3C2=O)cc1. The van der Waals surface area contributed by atoms with Crippen LogP contribution in [0, 0.1) is 0 Å². The van der Waals surface area contributed by atoms with Gasteiger partial charge in [-0.3, -0.25) is 4.79 Å². The summed E-state index contributed by atoms with van der Waals surface area (Å²) in [6, 6.07) is 21.9. The molecule has 0 fully saturated rings. The number of allylic oxidation sites excluding steroid dienone is 1. The van der Waals surface area contributed by atoms with Crippen LogP contribution in [-0.4, -0.2) is 25.5 Å². The molecule has 0 atom stereocenters. The summed E-state index contributed by atoms with van der Waals surface area (Å²) in [5.41, 5.74) is 2.77. The number of benzene rings is 3. The largest absolute Gasteiger partial charge is 0.489 e. The third kappa shape index (κ3) is 4.73. The summed E-state index contributed by atoms with van der Waals surface area (Å²) in [5, 5.41) is 0. The number of methoxy groups -OCH3 is 1. The number of ketones is 1. The number of carbonyl (C=O) groups excluding carboxylic acids is 2. The third-order valence-electron chi connectivity index (χ3n) is 4.73. The van der Waals surface area contributed by atoms with Crippen molar-refractivity contribution in [3.63, 3.8) is 0 Å². The van der Waals surface area contributed by atoms with Gasteiger partial charge in [-0.25, -0.2) is 4.79 Å². The van der Waals surface area contributed by atoms with Crippen LogP contribution in [0.2, 0.25) is 0 Å². The zero-order chi connectivity index (χ0) is 21.6. The number of rotatable bonds is 6. The van der Waals surface area contributed by atoms with Crippen LogP contribution in [0.1, 0.15) is 31.8 Å². The summed E-state index contributed by atoms with van der Waals surface area (Å²) < 4.78 is 16.2. The van der Waals surface area contributed by atoms with Gasteiger partial charge in [-0.1, -0.05) is 48.5 Å². The lowest BCUT2D eigenvalue weighted by Crippen LogP contribution is -2.01. The fourth-order valence-corrected chi connectivity index (χ4v) is 3.13. The van der Waals surface area contributed by atoms with Crippen LogP contribution in [0.15, 0.2) is 84.6 Å². The summed E-state index contributed by atoms with van der Waals surface area (Å²) in [4.78, 5) is 24.2. The Hall–Kier alpha value is -4.12. The van der Waals surface area contributed by atoms with Crippen molar-refractivity contribution in [1.29, 1.82) is 0 Å². The van der Waals surface area contributed by atoms with E-state index in [4.69, 9.17) is 9.47 Å². The lowest BCUT2D eigenvalue weighted by Gasteiger charge is -2.05. The first-order valence-corrected chi connectivity index (χ1v) is 9.75. The molecule has 154 valence electrons. The average molecular weight is 412 g/mol. The van der Waals surface area contributed by atoms with Crippen LogP contribution < -0.4 is 9.47 Å². The Balaban J connectivity index is 1.42. The molecule has 0 saturated heterocycles. The van der Waals surface area contributed by atoms with Gasteiger partial charge in [0.25, 0.3) is 0 Å². The number of fused-ring (bicyclic) bond motifs is 1. The molecule has 0 aromatic heterocycles. The quantitative estimate of drug-likeness (QED) is 0.412. The molecule has 3 aromatic carbocycles. The number of ether oxygens (including phenoxy) is 3. The van der Waals surface area contributed by atoms with Crippen molar-refractivity contribution in [3.05, 3.63) is 107 Å². The van der Waals surface area contributed by atoms with E-state index in [1.165, 1.54) is 7.11 Å². The molecule has 0 bridgehead atoms. The normalized spacial score (nSPS) is 13.8. The van der Waals surface area contributed by atoms with Crippen LogP contribution in [-0.2, 0) is 4.74 Å². The Morgan fingerprint density at radius 2 is 1.74 bits per heavy atom. The van der Waals surface area contributed by atoms with Crippen molar-refractivity contribution in [1.82, 2.24) is 0 Å². The van der Waals surface area contributed by atoms with Gasteiger partial charge in [0.1, 0.15) is 18.1 Å². The number of esters is 1. The van der Waals surface area contributed by atoms with Gasteiger partial charge in [0.15, 0.2) is 5.76 Å². The van der Waals surface area contributed by atoms with Crippen LogP contribution in [0.4, 0.5) is 0 Å². The molecular formula is C26H20O5. The van der Waals surface area contributed by atoms with Crippen molar-refractivity contribution in [2.24, 2.45) is 0 Å². The fraction of sp³-hybridized carbons (Fsp3) is 0.0769. The second-order valence-corrected chi connectivity index (χ2v) is 6.84. The predicted octanol–water partition coefficient (Wildman–Crippen LogP) is 5.18. The zero-order valence-corrected chi connectivity index (χ0v) is 16.9. The molecular weight excluding hydrogens is 392 g/mol. The van der Waals surface area contributed by atoms with Gasteiger partial charge < -0.3 is 14.2 Å². The highest BCUT2D eigenvalue weighted by atomic mass is 16.5. The van der Waals surface area contributed by atoms with Crippen molar-refractivity contribution >= 4 is 23.9 Å². The molecule has 0 spiro atoms. The Kier molecular flexibility index (Phi) is 5.94. The van der Waals surface area contributed by atoms with Gasteiger partial charge in [-0.05, 0) is 47.5 Å². The smallest absolute Gasteiger partial charge is 0.337 e. The highest BCUT2D eigenvalue weighted by molar-refractivity contribution is 6.14. The first-order chi connectivity index (χ1) is 15.1. The van der Waals surface area contributed by atoms with Gasteiger partial charge in [0.2, 0.25) is 5.78 Å². The van der Waals surface area contributed by atoms with Crippen LogP contribution in [0.5, 0.6) is 11.5 Å².